The standard InChI is InChI=1S/C25H20FNO3/c1-16-7-12-23(29-15-19-6-4-3-5-17(19)2)20(13-16)14-22-25(28)30-24(27-22)18-8-10-21(26)11-9-18/h3-14H,15H2,1-2H3. The van der Waals surface area contributed by atoms with Crippen LogP contribution < -0.4 is 4.74 Å². The summed E-state index contributed by atoms with van der Waals surface area (Å²) in [6, 6.07) is 19.4. The third kappa shape index (κ3) is 4.30. The molecule has 0 N–H and O–H groups in total. The van der Waals surface area contributed by atoms with Gasteiger partial charge in [0.2, 0.25) is 5.90 Å². The van der Waals surface area contributed by atoms with Gasteiger partial charge in [-0.2, -0.15) is 0 Å². The predicted octanol–water partition coefficient (Wildman–Crippen LogP) is 5.37. The van der Waals surface area contributed by atoms with Crippen molar-refractivity contribution in [1.29, 1.82) is 0 Å². The number of aliphatic imine (C=N–C) groups is 1. The van der Waals surface area contributed by atoms with Gasteiger partial charge in [-0.15, -0.1) is 0 Å². The van der Waals surface area contributed by atoms with Gasteiger partial charge in [0, 0.05) is 11.1 Å². The highest BCUT2D eigenvalue weighted by atomic mass is 19.1. The summed E-state index contributed by atoms with van der Waals surface area (Å²) in [5, 5.41) is 0. The number of nitrogens with zero attached hydrogens (tertiary/aromatic N) is 1. The summed E-state index contributed by atoms with van der Waals surface area (Å²) in [5.41, 5.74) is 4.71. The average molecular weight is 401 g/mol. The fourth-order valence-electron chi connectivity index (χ4n) is 3.11. The zero-order valence-corrected chi connectivity index (χ0v) is 16.7. The number of halogens is 1. The Balaban J connectivity index is 1.62. The van der Waals surface area contributed by atoms with E-state index in [0.717, 1.165) is 22.3 Å². The molecule has 0 unspecified atom stereocenters. The molecule has 0 amide bonds. The third-order valence-corrected chi connectivity index (χ3v) is 4.81. The number of ether oxygens (including phenoxy) is 2. The fraction of sp³-hybridized carbons (Fsp3) is 0.120. The summed E-state index contributed by atoms with van der Waals surface area (Å²) in [7, 11) is 0. The molecule has 4 rings (SSSR count). The highest BCUT2D eigenvalue weighted by Gasteiger charge is 2.24. The smallest absolute Gasteiger partial charge is 0.363 e. The molecule has 150 valence electrons. The number of carbonyl (C=O) groups excluding carboxylic acids is 1. The number of esters is 1. The van der Waals surface area contributed by atoms with E-state index >= 15 is 0 Å². The summed E-state index contributed by atoms with van der Waals surface area (Å²) in [4.78, 5) is 16.6. The summed E-state index contributed by atoms with van der Waals surface area (Å²) in [5.74, 6) is -0.119. The number of hydrogen-bond donors (Lipinski definition) is 0. The van der Waals surface area contributed by atoms with Crippen LogP contribution in [-0.4, -0.2) is 11.9 Å². The first-order valence-electron chi connectivity index (χ1n) is 9.56. The van der Waals surface area contributed by atoms with E-state index in [4.69, 9.17) is 9.47 Å². The second-order valence-corrected chi connectivity index (χ2v) is 7.10. The van der Waals surface area contributed by atoms with Crippen molar-refractivity contribution < 1.29 is 18.7 Å². The van der Waals surface area contributed by atoms with Gasteiger partial charge in [-0.1, -0.05) is 35.9 Å². The zero-order chi connectivity index (χ0) is 21.1. The number of hydrogen-bond acceptors (Lipinski definition) is 4. The Labute approximate surface area is 174 Å². The van der Waals surface area contributed by atoms with Crippen LogP contribution >= 0.6 is 0 Å². The minimum absolute atomic E-state index is 0.154. The first kappa shape index (κ1) is 19.6. The maximum Gasteiger partial charge on any atom is 0.363 e. The molecule has 1 heterocycles. The Morgan fingerprint density at radius 1 is 1.03 bits per heavy atom. The molecule has 1 aliphatic rings. The summed E-state index contributed by atoms with van der Waals surface area (Å²) >= 11 is 0. The van der Waals surface area contributed by atoms with Crippen LogP contribution in [-0.2, 0) is 16.1 Å². The predicted molar refractivity (Wildman–Crippen MR) is 114 cm³/mol. The SMILES string of the molecule is Cc1ccc(OCc2ccccc2C)c(C=C2N=C(c3ccc(F)cc3)OC2=O)c1. The Hall–Kier alpha value is -3.73. The summed E-state index contributed by atoms with van der Waals surface area (Å²) < 4.78 is 24.5. The molecule has 0 bridgehead atoms. The van der Waals surface area contributed by atoms with Crippen molar-refractivity contribution in [1.82, 2.24) is 0 Å². The van der Waals surface area contributed by atoms with E-state index in [1.807, 2.05) is 56.3 Å². The van der Waals surface area contributed by atoms with Crippen molar-refractivity contribution in [2.24, 2.45) is 4.99 Å². The van der Waals surface area contributed by atoms with Crippen LogP contribution in [0.15, 0.2) is 77.4 Å². The lowest BCUT2D eigenvalue weighted by molar-refractivity contribution is -0.129. The average Bonchev–Trinajstić information content (AvgIpc) is 3.09. The van der Waals surface area contributed by atoms with Crippen LogP contribution in [0.2, 0.25) is 0 Å². The van der Waals surface area contributed by atoms with Crippen molar-refractivity contribution in [3.8, 4) is 5.75 Å². The van der Waals surface area contributed by atoms with Crippen LogP contribution in [0.5, 0.6) is 5.75 Å². The molecule has 30 heavy (non-hydrogen) atoms. The molecule has 4 nitrogen and oxygen atoms in total. The number of rotatable bonds is 5. The van der Waals surface area contributed by atoms with Gasteiger partial charge in [0.15, 0.2) is 5.70 Å². The number of benzene rings is 3. The van der Waals surface area contributed by atoms with Crippen LogP contribution in [0.25, 0.3) is 6.08 Å². The molecular weight excluding hydrogens is 381 g/mol. The van der Waals surface area contributed by atoms with E-state index in [0.29, 0.717) is 17.9 Å². The normalized spacial score (nSPS) is 14.6. The van der Waals surface area contributed by atoms with E-state index in [1.165, 1.54) is 24.3 Å². The molecular formula is C25H20FNO3. The highest BCUT2D eigenvalue weighted by Crippen LogP contribution is 2.27. The van der Waals surface area contributed by atoms with Gasteiger partial charge in [-0.25, -0.2) is 14.2 Å². The Bertz CT molecular complexity index is 1160. The van der Waals surface area contributed by atoms with E-state index in [9.17, 15) is 9.18 Å². The van der Waals surface area contributed by atoms with Crippen molar-refractivity contribution in [2.45, 2.75) is 20.5 Å². The number of aryl methyl sites for hydroxylation is 2. The van der Waals surface area contributed by atoms with Crippen molar-refractivity contribution in [3.63, 3.8) is 0 Å². The monoisotopic (exact) mass is 401 g/mol. The molecule has 0 spiro atoms. The van der Waals surface area contributed by atoms with Crippen LogP contribution in [0.1, 0.15) is 27.8 Å². The van der Waals surface area contributed by atoms with Crippen molar-refractivity contribution >= 4 is 17.9 Å². The lowest BCUT2D eigenvalue weighted by Crippen LogP contribution is -2.05. The molecule has 5 heteroatoms. The molecule has 0 aromatic heterocycles. The van der Waals surface area contributed by atoms with Gasteiger partial charge in [-0.3, -0.25) is 0 Å². The van der Waals surface area contributed by atoms with Gasteiger partial charge in [0.05, 0.1) is 0 Å². The van der Waals surface area contributed by atoms with Crippen LogP contribution in [0.4, 0.5) is 4.39 Å². The van der Waals surface area contributed by atoms with Gasteiger partial charge >= 0.3 is 5.97 Å². The number of carbonyl (C=O) groups is 1. The molecule has 0 atom stereocenters. The second kappa shape index (κ2) is 8.33. The topological polar surface area (TPSA) is 47.9 Å². The van der Waals surface area contributed by atoms with Gasteiger partial charge in [0.1, 0.15) is 18.2 Å². The Kier molecular flexibility index (Phi) is 5.44. The van der Waals surface area contributed by atoms with Gasteiger partial charge in [-0.05, 0) is 67.4 Å². The Morgan fingerprint density at radius 2 is 1.80 bits per heavy atom. The van der Waals surface area contributed by atoms with Crippen LogP contribution in [0.3, 0.4) is 0 Å². The third-order valence-electron chi connectivity index (χ3n) is 4.81. The van der Waals surface area contributed by atoms with Gasteiger partial charge < -0.3 is 9.47 Å². The molecule has 0 aliphatic carbocycles. The zero-order valence-electron chi connectivity index (χ0n) is 16.7. The number of cyclic esters (lactones) is 1. The van der Waals surface area contributed by atoms with Gasteiger partial charge in [0.25, 0.3) is 0 Å². The van der Waals surface area contributed by atoms with E-state index in [2.05, 4.69) is 4.99 Å². The molecule has 0 fully saturated rings. The fourth-order valence-corrected chi connectivity index (χ4v) is 3.11. The minimum Gasteiger partial charge on any atom is -0.488 e. The van der Waals surface area contributed by atoms with Crippen molar-refractivity contribution in [2.75, 3.05) is 0 Å². The molecule has 0 radical (unpaired) electrons. The van der Waals surface area contributed by atoms with E-state index in [1.54, 1.807) is 6.08 Å². The first-order valence-corrected chi connectivity index (χ1v) is 9.56. The molecule has 3 aromatic carbocycles. The molecule has 1 aliphatic heterocycles. The molecule has 0 saturated heterocycles. The quantitative estimate of drug-likeness (QED) is 0.427. The van der Waals surface area contributed by atoms with Crippen LogP contribution in [0, 0.1) is 19.7 Å². The first-order chi connectivity index (χ1) is 14.5. The van der Waals surface area contributed by atoms with E-state index in [-0.39, 0.29) is 17.4 Å². The second-order valence-electron chi connectivity index (χ2n) is 7.10. The largest absolute Gasteiger partial charge is 0.488 e. The molecule has 3 aromatic rings. The molecule has 0 saturated carbocycles. The summed E-state index contributed by atoms with van der Waals surface area (Å²) in [6.45, 7) is 4.42. The van der Waals surface area contributed by atoms with E-state index < -0.39 is 5.97 Å². The maximum absolute atomic E-state index is 13.1. The van der Waals surface area contributed by atoms with Crippen molar-refractivity contribution in [3.05, 3.63) is 106 Å². The highest BCUT2D eigenvalue weighted by molar-refractivity contribution is 6.12. The Morgan fingerprint density at radius 3 is 2.57 bits per heavy atom. The lowest BCUT2D eigenvalue weighted by Gasteiger charge is -2.12. The summed E-state index contributed by atoms with van der Waals surface area (Å²) in [6.07, 6.45) is 1.65. The lowest BCUT2D eigenvalue weighted by atomic mass is 10.1. The maximum atomic E-state index is 13.1. The minimum atomic E-state index is -0.555.